The second-order valence-electron chi connectivity index (χ2n) is 6.63. The Hall–Kier alpha value is -2.90. The molecule has 0 spiro atoms. The summed E-state index contributed by atoms with van der Waals surface area (Å²) in [5, 5.41) is 11.0. The van der Waals surface area contributed by atoms with E-state index in [1.54, 1.807) is 30.0 Å². The van der Waals surface area contributed by atoms with E-state index >= 15 is 0 Å². The van der Waals surface area contributed by atoms with Crippen LogP contribution in [0.1, 0.15) is 43.3 Å². The molecule has 0 aliphatic carbocycles. The first-order chi connectivity index (χ1) is 14.0. The van der Waals surface area contributed by atoms with Crippen LogP contribution in [-0.4, -0.2) is 22.9 Å². The number of carbonyl (C=O) groups is 3. The molecule has 0 saturated heterocycles. The molecule has 1 atom stereocenters. The van der Waals surface area contributed by atoms with Gasteiger partial charge in [-0.25, -0.2) is 9.69 Å². The van der Waals surface area contributed by atoms with Crippen LogP contribution in [0.2, 0.25) is 0 Å². The van der Waals surface area contributed by atoms with Crippen molar-refractivity contribution in [3.05, 3.63) is 81.5 Å². The molecule has 1 aliphatic rings. The number of hydrogen-bond acceptors (Lipinski definition) is 5. The second kappa shape index (κ2) is 7.85. The van der Waals surface area contributed by atoms with Gasteiger partial charge in [0.25, 0.3) is 5.91 Å². The lowest BCUT2D eigenvalue weighted by atomic mass is 10.0. The van der Waals surface area contributed by atoms with Crippen LogP contribution in [0.4, 0.5) is 5.69 Å². The van der Waals surface area contributed by atoms with Gasteiger partial charge in [0, 0.05) is 20.4 Å². The third-order valence-corrected chi connectivity index (χ3v) is 6.87. The summed E-state index contributed by atoms with van der Waals surface area (Å²) < 4.78 is 0. The standard InChI is InChI=1S/C22H17NO4S2/c1-13(14-6-3-2-4-7-14)29-16-9-5-8-15(10-16)23-19(24)11-18-20(21(23)25)17(12-28-18)22(26)27/h2-10,12-13H,11H2,1H3,(H,26,27). The molecule has 5 nitrogen and oxygen atoms in total. The number of carboxylic acids is 1. The first-order valence-electron chi connectivity index (χ1n) is 8.98. The quantitative estimate of drug-likeness (QED) is 0.460. The van der Waals surface area contributed by atoms with Gasteiger partial charge < -0.3 is 5.11 Å². The minimum Gasteiger partial charge on any atom is -0.478 e. The highest BCUT2D eigenvalue weighted by atomic mass is 32.2. The van der Waals surface area contributed by atoms with E-state index in [-0.39, 0.29) is 28.7 Å². The maximum atomic E-state index is 13.0. The smallest absolute Gasteiger partial charge is 0.337 e. The summed E-state index contributed by atoms with van der Waals surface area (Å²) in [4.78, 5) is 39.7. The van der Waals surface area contributed by atoms with Crippen molar-refractivity contribution in [2.24, 2.45) is 0 Å². The number of thioether (sulfide) groups is 1. The van der Waals surface area contributed by atoms with Gasteiger partial charge >= 0.3 is 5.97 Å². The maximum absolute atomic E-state index is 13.0. The van der Waals surface area contributed by atoms with Crippen LogP contribution in [-0.2, 0) is 11.2 Å². The number of aromatic carboxylic acids is 1. The van der Waals surface area contributed by atoms with Crippen LogP contribution in [0.25, 0.3) is 0 Å². The first kappa shape index (κ1) is 19.4. The lowest BCUT2D eigenvalue weighted by molar-refractivity contribution is -0.117. The van der Waals surface area contributed by atoms with E-state index in [4.69, 9.17) is 0 Å². The van der Waals surface area contributed by atoms with Gasteiger partial charge in [-0.05, 0) is 30.7 Å². The Morgan fingerprint density at radius 3 is 2.62 bits per heavy atom. The molecule has 2 aromatic carbocycles. The Labute approximate surface area is 176 Å². The van der Waals surface area contributed by atoms with E-state index < -0.39 is 11.9 Å². The summed E-state index contributed by atoms with van der Waals surface area (Å²) in [7, 11) is 0. The van der Waals surface area contributed by atoms with Crippen LogP contribution in [0.15, 0.2) is 64.9 Å². The zero-order valence-electron chi connectivity index (χ0n) is 15.5. The van der Waals surface area contributed by atoms with Gasteiger partial charge in [-0.15, -0.1) is 23.1 Å². The van der Waals surface area contributed by atoms with Crippen molar-refractivity contribution in [1.29, 1.82) is 0 Å². The number of thiophene rings is 1. The highest BCUT2D eigenvalue weighted by Gasteiger charge is 2.37. The molecule has 1 aromatic heterocycles. The van der Waals surface area contributed by atoms with E-state index in [1.165, 1.54) is 10.9 Å². The van der Waals surface area contributed by atoms with Crippen molar-refractivity contribution in [1.82, 2.24) is 0 Å². The number of imide groups is 1. The number of anilines is 1. The topological polar surface area (TPSA) is 74.7 Å². The number of nitrogens with zero attached hydrogens (tertiary/aromatic N) is 1. The lowest BCUT2D eigenvalue weighted by Gasteiger charge is -2.26. The molecule has 0 radical (unpaired) electrons. The van der Waals surface area contributed by atoms with Crippen molar-refractivity contribution in [2.75, 3.05) is 4.90 Å². The predicted octanol–water partition coefficient (Wildman–Crippen LogP) is 5.03. The van der Waals surface area contributed by atoms with Crippen LogP contribution in [0.3, 0.4) is 0 Å². The van der Waals surface area contributed by atoms with Gasteiger partial charge in [0.15, 0.2) is 0 Å². The summed E-state index contributed by atoms with van der Waals surface area (Å²) in [5.41, 5.74) is 1.72. The average Bonchev–Trinajstić information content (AvgIpc) is 3.13. The van der Waals surface area contributed by atoms with Crippen molar-refractivity contribution < 1.29 is 19.5 Å². The number of hydrogen-bond donors (Lipinski definition) is 1. The summed E-state index contributed by atoms with van der Waals surface area (Å²) in [5.74, 6) is -2.08. The number of amides is 2. The van der Waals surface area contributed by atoms with Crippen molar-refractivity contribution in [3.8, 4) is 0 Å². The molecular formula is C22H17NO4S2. The van der Waals surface area contributed by atoms with E-state index in [1.807, 2.05) is 24.3 Å². The largest absolute Gasteiger partial charge is 0.478 e. The first-order valence-corrected chi connectivity index (χ1v) is 10.7. The molecule has 146 valence electrons. The second-order valence-corrected chi connectivity index (χ2v) is 9.01. The lowest BCUT2D eigenvalue weighted by Crippen LogP contribution is -2.42. The zero-order chi connectivity index (χ0) is 20.5. The fourth-order valence-corrected chi connectivity index (χ4v) is 5.36. The molecule has 1 N–H and O–H groups in total. The van der Waals surface area contributed by atoms with Gasteiger partial charge in [-0.3, -0.25) is 9.59 Å². The average molecular weight is 424 g/mol. The molecule has 0 saturated carbocycles. The fraction of sp³-hybridized carbons (Fsp3) is 0.136. The number of fused-ring (bicyclic) bond motifs is 1. The van der Waals surface area contributed by atoms with E-state index in [2.05, 4.69) is 19.1 Å². The number of carboxylic acid groups (broad SMARTS) is 1. The van der Waals surface area contributed by atoms with Gasteiger partial charge in [-0.2, -0.15) is 0 Å². The van der Waals surface area contributed by atoms with Crippen molar-refractivity contribution in [2.45, 2.75) is 23.5 Å². The highest BCUT2D eigenvalue weighted by molar-refractivity contribution is 7.99. The molecule has 1 aliphatic heterocycles. The van der Waals surface area contributed by atoms with E-state index in [0.717, 1.165) is 21.1 Å². The molecule has 1 unspecified atom stereocenters. The molecule has 2 amide bonds. The minimum absolute atomic E-state index is 0.0246. The molecule has 0 bridgehead atoms. The summed E-state index contributed by atoms with van der Waals surface area (Å²) >= 11 is 2.77. The highest BCUT2D eigenvalue weighted by Crippen LogP contribution is 2.37. The van der Waals surface area contributed by atoms with E-state index in [0.29, 0.717) is 10.6 Å². The Morgan fingerprint density at radius 2 is 1.90 bits per heavy atom. The van der Waals surface area contributed by atoms with Crippen molar-refractivity contribution in [3.63, 3.8) is 0 Å². The number of rotatable bonds is 5. The molecule has 3 aromatic rings. The molecular weight excluding hydrogens is 406 g/mol. The Morgan fingerprint density at radius 1 is 1.14 bits per heavy atom. The van der Waals surface area contributed by atoms with Gasteiger partial charge in [-0.1, -0.05) is 36.4 Å². The Balaban J connectivity index is 1.64. The minimum atomic E-state index is -1.16. The SMILES string of the molecule is CC(Sc1cccc(N2C(=O)Cc3scc(C(=O)O)c3C2=O)c1)c1ccccc1. The van der Waals surface area contributed by atoms with Crippen LogP contribution in [0, 0.1) is 0 Å². The van der Waals surface area contributed by atoms with Crippen LogP contribution < -0.4 is 4.90 Å². The molecule has 4 rings (SSSR count). The third kappa shape index (κ3) is 3.71. The van der Waals surface area contributed by atoms with E-state index in [9.17, 15) is 19.5 Å². The fourth-order valence-electron chi connectivity index (χ4n) is 3.31. The van der Waals surface area contributed by atoms with Crippen LogP contribution >= 0.6 is 23.1 Å². The third-order valence-electron chi connectivity index (χ3n) is 4.73. The monoisotopic (exact) mass is 423 g/mol. The normalized spacial score (nSPS) is 14.6. The summed E-state index contributed by atoms with van der Waals surface area (Å²) in [6.07, 6.45) is 0.0246. The number of carbonyl (C=O) groups excluding carboxylic acids is 2. The van der Waals surface area contributed by atoms with Crippen LogP contribution in [0.5, 0.6) is 0 Å². The molecule has 0 fully saturated rings. The molecule has 2 heterocycles. The summed E-state index contributed by atoms with van der Waals surface area (Å²) in [6, 6.07) is 17.3. The van der Waals surface area contributed by atoms with Gasteiger partial charge in [0.2, 0.25) is 5.91 Å². The molecule has 29 heavy (non-hydrogen) atoms. The maximum Gasteiger partial charge on any atom is 0.337 e. The summed E-state index contributed by atoms with van der Waals surface area (Å²) in [6.45, 7) is 2.10. The van der Waals surface area contributed by atoms with Crippen molar-refractivity contribution >= 4 is 46.6 Å². The Bertz CT molecular complexity index is 1110. The zero-order valence-corrected chi connectivity index (χ0v) is 17.1. The van der Waals surface area contributed by atoms with Gasteiger partial charge in [0.05, 0.1) is 23.2 Å². The number of benzene rings is 2. The predicted molar refractivity (Wildman–Crippen MR) is 114 cm³/mol. The molecule has 7 heteroatoms. The van der Waals surface area contributed by atoms with Gasteiger partial charge in [0.1, 0.15) is 0 Å². The Kier molecular flexibility index (Phi) is 5.25.